The summed E-state index contributed by atoms with van der Waals surface area (Å²) in [5, 5.41) is 2.70. The maximum absolute atomic E-state index is 12.5. The molecule has 2 aromatic carbocycles. The molecule has 2 aromatic rings. The minimum Gasteiger partial charge on any atom is -0.464 e. The van der Waals surface area contributed by atoms with Gasteiger partial charge in [-0.2, -0.15) is 0 Å². The highest BCUT2D eigenvalue weighted by Crippen LogP contribution is 2.13. The molecule has 0 amide bonds. The van der Waals surface area contributed by atoms with Crippen molar-refractivity contribution < 1.29 is 22.8 Å². The van der Waals surface area contributed by atoms with E-state index < -0.39 is 20.9 Å². The van der Waals surface area contributed by atoms with Crippen LogP contribution in [0.1, 0.15) is 5.56 Å². The van der Waals surface area contributed by atoms with Gasteiger partial charge in [0, 0.05) is 0 Å². The zero-order valence-corrected chi connectivity index (χ0v) is 13.2. The number of oxime groups is 1. The van der Waals surface area contributed by atoms with E-state index in [9.17, 15) is 13.2 Å². The van der Waals surface area contributed by atoms with Crippen LogP contribution in [0.5, 0.6) is 0 Å². The van der Waals surface area contributed by atoms with Crippen molar-refractivity contribution in [2.24, 2.45) is 5.16 Å². The third-order valence-corrected chi connectivity index (χ3v) is 4.53. The molecular formula is C16H15NO5S. The summed E-state index contributed by atoms with van der Waals surface area (Å²) in [7, 11) is -3.04. The van der Waals surface area contributed by atoms with E-state index in [0.29, 0.717) is 0 Å². The lowest BCUT2D eigenvalue weighted by Gasteiger charge is -2.06. The van der Waals surface area contributed by atoms with Gasteiger partial charge in [-0.15, -0.1) is 0 Å². The zero-order chi connectivity index (χ0) is 16.7. The van der Waals surface area contributed by atoms with E-state index >= 15 is 0 Å². The molecule has 0 fully saturated rings. The van der Waals surface area contributed by atoms with Crippen LogP contribution in [0.15, 0.2) is 70.7 Å². The molecule has 0 saturated heterocycles. The molecule has 0 aromatic heterocycles. The fraction of sp³-hybridized carbons (Fsp3) is 0.125. The Hall–Kier alpha value is -2.67. The molecule has 0 heterocycles. The number of hydrogen-bond acceptors (Lipinski definition) is 6. The molecule has 0 bridgehead atoms. The molecule has 7 heteroatoms. The molecule has 2 rings (SSSR count). The first kappa shape index (κ1) is 16.7. The Morgan fingerprint density at radius 3 is 2.13 bits per heavy atom. The first-order valence-corrected chi connectivity index (χ1v) is 8.16. The second kappa shape index (κ2) is 7.55. The maximum atomic E-state index is 12.5. The quantitative estimate of drug-likeness (QED) is 0.371. The number of methoxy groups -OCH3 is 1. The third-order valence-electron chi connectivity index (χ3n) is 2.89. The van der Waals surface area contributed by atoms with Gasteiger partial charge in [0.1, 0.15) is 6.61 Å². The largest absolute Gasteiger partial charge is 0.464 e. The molecule has 120 valence electrons. The minimum atomic E-state index is -4.12. The fourth-order valence-corrected chi connectivity index (χ4v) is 2.93. The highest BCUT2D eigenvalue weighted by atomic mass is 32.2. The number of carbonyl (C=O) groups excluding carboxylic acids is 1. The fourth-order valence-electron chi connectivity index (χ4n) is 1.73. The second-order valence-electron chi connectivity index (χ2n) is 4.46. The Labute approximate surface area is 134 Å². The van der Waals surface area contributed by atoms with Crippen LogP contribution in [0.4, 0.5) is 0 Å². The summed E-state index contributed by atoms with van der Waals surface area (Å²) >= 11 is 0. The summed E-state index contributed by atoms with van der Waals surface area (Å²) in [6.45, 7) is 0.0334. The van der Waals surface area contributed by atoms with Crippen LogP contribution in [0.25, 0.3) is 0 Å². The predicted molar refractivity (Wildman–Crippen MR) is 84.3 cm³/mol. The molecule has 0 unspecified atom stereocenters. The Morgan fingerprint density at radius 1 is 1.00 bits per heavy atom. The molecule has 0 aliphatic carbocycles. The van der Waals surface area contributed by atoms with Gasteiger partial charge in [0.25, 0.3) is 5.04 Å². The summed E-state index contributed by atoms with van der Waals surface area (Å²) in [5.41, 5.74) is 0.789. The summed E-state index contributed by atoms with van der Waals surface area (Å²) in [5.74, 6) is -1.08. The molecule has 6 nitrogen and oxygen atoms in total. The normalized spacial score (nSPS) is 11.8. The number of carbonyl (C=O) groups is 1. The van der Waals surface area contributed by atoms with Crippen molar-refractivity contribution in [3.05, 3.63) is 66.2 Å². The maximum Gasteiger partial charge on any atom is 0.372 e. The van der Waals surface area contributed by atoms with Gasteiger partial charge in [-0.25, -0.2) is 13.2 Å². The molecular weight excluding hydrogens is 318 g/mol. The van der Waals surface area contributed by atoms with Crippen molar-refractivity contribution in [2.75, 3.05) is 7.11 Å². The van der Waals surface area contributed by atoms with Crippen LogP contribution in [0.2, 0.25) is 0 Å². The summed E-state index contributed by atoms with van der Waals surface area (Å²) in [6, 6.07) is 16.5. The summed E-state index contributed by atoms with van der Waals surface area (Å²) in [6.07, 6.45) is 0. The number of nitrogens with zero attached hydrogens (tertiary/aromatic N) is 1. The lowest BCUT2D eigenvalue weighted by atomic mass is 10.2. The summed E-state index contributed by atoms with van der Waals surface area (Å²) < 4.78 is 29.4. The van der Waals surface area contributed by atoms with Crippen LogP contribution in [-0.4, -0.2) is 26.5 Å². The van der Waals surface area contributed by atoms with Gasteiger partial charge in [0.05, 0.1) is 12.0 Å². The van der Waals surface area contributed by atoms with Crippen molar-refractivity contribution in [3.8, 4) is 0 Å². The van der Waals surface area contributed by atoms with Crippen molar-refractivity contribution in [1.82, 2.24) is 0 Å². The predicted octanol–water partition coefficient (Wildman–Crippen LogP) is 2.16. The molecule has 23 heavy (non-hydrogen) atoms. The van der Waals surface area contributed by atoms with E-state index in [1.165, 1.54) is 12.1 Å². The number of benzene rings is 2. The lowest BCUT2D eigenvalue weighted by molar-refractivity contribution is -0.132. The van der Waals surface area contributed by atoms with E-state index in [2.05, 4.69) is 9.89 Å². The van der Waals surface area contributed by atoms with E-state index in [1.807, 2.05) is 18.2 Å². The van der Waals surface area contributed by atoms with Gasteiger partial charge in [0.2, 0.25) is 9.84 Å². The van der Waals surface area contributed by atoms with Crippen LogP contribution < -0.4 is 0 Å². The third kappa shape index (κ3) is 4.17. The smallest absolute Gasteiger partial charge is 0.372 e. The lowest BCUT2D eigenvalue weighted by Crippen LogP contribution is -2.26. The molecule has 0 spiro atoms. The number of esters is 1. The van der Waals surface area contributed by atoms with Gasteiger partial charge < -0.3 is 9.57 Å². The van der Waals surface area contributed by atoms with Crippen molar-refractivity contribution in [3.63, 3.8) is 0 Å². The Bertz CT molecular complexity index is 786. The van der Waals surface area contributed by atoms with E-state index in [1.54, 1.807) is 30.3 Å². The SMILES string of the molecule is COC(=O)/C(=N\OCc1ccccc1)S(=O)(=O)c1ccccc1. The van der Waals surface area contributed by atoms with Crippen molar-refractivity contribution >= 4 is 20.9 Å². The Morgan fingerprint density at radius 2 is 1.57 bits per heavy atom. The average molecular weight is 333 g/mol. The summed E-state index contributed by atoms with van der Waals surface area (Å²) in [4.78, 5) is 16.7. The topological polar surface area (TPSA) is 82.0 Å². The second-order valence-corrected chi connectivity index (χ2v) is 6.33. The molecule has 0 aliphatic rings. The van der Waals surface area contributed by atoms with Crippen LogP contribution in [0.3, 0.4) is 0 Å². The highest BCUT2D eigenvalue weighted by molar-refractivity contribution is 8.08. The number of hydrogen-bond donors (Lipinski definition) is 0. The van der Waals surface area contributed by atoms with Gasteiger partial charge in [-0.1, -0.05) is 53.7 Å². The van der Waals surface area contributed by atoms with Crippen LogP contribution in [-0.2, 0) is 30.8 Å². The Balaban J connectivity index is 2.27. The molecule has 0 aliphatic heterocycles. The molecule has 0 N–H and O–H groups in total. The van der Waals surface area contributed by atoms with Gasteiger partial charge in [-0.3, -0.25) is 0 Å². The Kier molecular flexibility index (Phi) is 5.48. The molecule has 0 saturated carbocycles. The van der Waals surface area contributed by atoms with Crippen molar-refractivity contribution in [2.45, 2.75) is 11.5 Å². The van der Waals surface area contributed by atoms with Crippen molar-refractivity contribution in [1.29, 1.82) is 0 Å². The zero-order valence-electron chi connectivity index (χ0n) is 12.4. The molecule has 0 radical (unpaired) electrons. The monoisotopic (exact) mass is 333 g/mol. The van der Waals surface area contributed by atoms with Crippen LogP contribution in [0, 0.1) is 0 Å². The number of sulfone groups is 1. The van der Waals surface area contributed by atoms with Crippen LogP contribution >= 0.6 is 0 Å². The number of rotatable bonds is 4. The first-order chi connectivity index (χ1) is 11.1. The van der Waals surface area contributed by atoms with E-state index in [-0.39, 0.29) is 11.5 Å². The minimum absolute atomic E-state index is 0.0334. The van der Waals surface area contributed by atoms with E-state index in [4.69, 9.17) is 4.84 Å². The van der Waals surface area contributed by atoms with Gasteiger partial charge >= 0.3 is 5.97 Å². The average Bonchev–Trinajstić information content (AvgIpc) is 2.59. The van der Waals surface area contributed by atoms with Gasteiger partial charge in [0.15, 0.2) is 0 Å². The van der Waals surface area contributed by atoms with E-state index in [0.717, 1.165) is 12.7 Å². The standard InChI is InChI=1S/C16H15NO5S/c1-21-16(18)15(17-22-12-13-8-4-2-5-9-13)23(19,20)14-10-6-3-7-11-14/h2-11H,12H2,1H3/b17-15+. The number of ether oxygens (including phenoxy) is 1. The highest BCUT2D eigenvalue weighted by Gasteiger charge is 2.31. The first-order valence-electron chi connectivity index (χ1n) is 6.68. The molecule has 0 atom stereocenters. The van der Waals surface area contributed by atoms with Gasteiger partial charge in [-0.05, 0) is 17.7 Å².